The first kappa shape index (κ1) is 17.2. The lowest BCUT2D eigenvalue weighted by molar-refractivity contribution is -0.0373. The monoisotopic (exact) mass is 296 g/mol. The summed E-state index contributed by atoms with van der Waals surface area (Å²) in [4.78, 5) is 2.84. The van der Waals surface area contributed by atoms with Gasteiger partial charge in [-0.1, -0.05) is 20.8 Å². The average Bonchev–Trinajstić information content (AvgIpc) is 2.49. The van der Waals surface area contributed by atoms with E-state index in [9.17, 15) is 0 Å². The summed E-state index contributed by atoms with van der Waals surface area (Å²) in [5, 5.41) is 3.81. The van der Waals surface area contributed by atoms with Crippen molar-refractivity contribution in [3.8, 4) is 0 Å². The average molecular weight is 296 g/mol. The van der Waals surface area contributed by atoms with E-state index in [4.69, 9.17) is 4.74 Å². The molecule has 2 fully saturated rings. The molecule has 1 heterocycles. The molecular weight excluding hydrogens is 260 g/mol. The smallest absolute Gasteiger partial charge is 0.0586 e. The molecule has 4 atom stereocenters. The minimum atomic E-state index is 0.313. The highest BCUT2D eigenvalue weighted by Crippen LogP contribution is 2.33. The lowest BCUT2D eigenvalue weighted by Gasteiger charge is -2.53. The van der Waals surface area contributed by atoms with Gasteiger partial charge in [-0.15, -0.1) is 0 Å². The van der Waals surface area contributed by atoms with Crippen LogP contribution in [0.1, 0.15) is 66.2 Å². The van der Waals surface area contributed by atoms with Gasteiger partial charge in [-0.3, -0.25) is 4.90 Å². The predicted octanol–water partition coefficient (Wildman–Crippen LogP) is 3.43. The van der Waals surface area contributed by atoms with Crippen LogP contribution in [0.15, 0.2) is 0 Å². The standard InChI is InChI=1S/C18H36N2O/c1-6-18(4)13-19-15(10-14(2)3)12-20(18)16-8-7-9-17(11-16)21-5/h14-17,19H,6-13H2,1-5H3. The maximum atomic E-state index is 5.66. The van der Waals surface area contributed by atoms with Gasteiger partial charge in [0.25, 0.3) is 0 Å². The predicted molar refractivity (Wildman–Crippen MR) is 89.7 cm³/mol. The molecule has 1 aliphatic heterocycles. The van der Waals surface area contributed by atoms with Crippen LogP contribution in [0, 0.1) is 5.92 Å². The van der Waals surface area contributed by atoms with Crippen LogP contribution in [0.2, 0.25) is 0 Å². The third kappa shape index (κ3) is 4.20. The van der Waals surface area contributed by atoms with Crippen molar-refractivity contribution in [2.45, 2.75) is 89.9 Å². The Morgan fingerprint density at radius 1 is 1.33 bits per heavy atom. The Morgan fingerprint density at radius 2 is 2.10 bits per heavy atom. The molecule has 0 aromatic rings. The van der Waals surface area contributed by atoms with Gasteiger partial charge in [0.15, 0.2) is 0 Å². The number of hydrogen-bond acceptors (Lipinski definition) is 3. The molecule has 0 bridgehead atoms. The van der Waals surface area contributed by atoms with Gasteiger partial charge in [-0.25, -0.2) is 0 Å². The Labute approximate surface area is 131 Å². The molecule has 1 aliphatic carbocycles. The van der Waals surface area contributed by atoms with Crippen LogP contribution in [0.4, 0.5) is 0 Å². The van der Waals surface area contributed by atoms with Crippen LogP contribution in [0.25, 0.3) is 0 Å². The van der Waals surface area contributed by atoms with Gasteiger partial charge in [0.1, 0.15) is 0 Å². The molecule has 2 rings (SSSR count). The highest BCUT2D eigenvalue weighted by molar-refractivity contribution is 4.99. The van der Waals surface area contributed by atoms with Crippen LogP contribution in [0.3, 0.4) is 0 Å². The second kappa shape index (κ2) is 7.43. The molecular formula is C18H36N2O. The first-order valence-corrected chi connectivity index (χ1v) is 9.01. The lowest BCUT2D eigenvalue weighted by atomic mass is 9.83. The van der Waals surface area contributed by atoms with E-state index in [1.165, 1.54) is 45.1 Å². The number of nitrogens with one attached hydrogen (secondary N) is 1. The van der Waals surface area contributed by atoms with Crippen molar-refractivity contribution in [3.05, 3.63) is 0 Å². The van der Waals surface area contributed by atoms with Crippen LogP contribution in [0.5, 0.6) is 0 Å². The zero-order valence-corrected chi connectivity index (χ0v) is 14.8. The van der Waals surface area contributed by atoms with Gasteiger partial charge in [0.05, 0.1) is 6.10 Å². The van der Waals surface area contributed by atoms with E-state index in [-0.39, 0.29) is 0 Å². The van der Waals surface area contributed by atoms with Crippen molar-refractivity contribution in [3.63, 3.8) is 0 Å². The molecule has 21 heavy (non-hydrogen) atoms. The third-order valence-corrected chi connectivity index (χ3v) is 5.77. The van der Waals surface area contributed by atoms with Gasteiger partial charge in [0, 0.05) is 37.8 Å². The first-order chi connectivity index (χ1) is 9.98. The molecule has 0 aromatic heterocycles. The van der Waals surface area contributed by atoms with Crippen molar-refractivity contribution in [1.82, 2.24) is 10.2 Å². The van der Waals surface area contributed by atoms with Crippen molar-refractivity contribution >= 4 is 0 Å². The maximum absolute atomic E-state index is 5.66. The minimum Gasteiger partial charge on any atom is -0.381 e. The first-order valence-electron chi connectivity index (χ1n) is 9.01. The van der Waals surface area contributed by atoms with E-state index in [0.29, 0.717) is 23.7 Å². The Balaban J connectivity index is 2.06. The molecule has 0 amide bonds. The molecule has 1 saturated carbocycles. The van der Waals surface area contributed by atoms with Gasteiger partial charge in [-0.2, -0.15) is 0 Å². The SMILES string of the molecule is CCC1(C)CNC(CC(C)C)CN1C1CCCC(OC)C1. The maximum Gasteiger partial charge on any atom is 0.0586 e. The molecule has 1 saturated heterocycles. The number of nitrogens with zero attached hydrogens (tertiary/aromatic N) is 1. The van der Waals surface area contributed by atoms with E-state index in [2.05, 4.69) is 37.9 Å². The molecule has 124 valence electrons. The van der Waals surface area contributed by atoms with Crippen molar-refractivity contribution in [2.24, 2.45) is 5.92 Å². The van der Waals surface area contributed by atoms with E-state index in [0.717, 1.165) is 12.5 Å². The van der Waals surface area contributed by atoms with E-state index in [1.54, 1.807) is 0 Å². The fourth-order valence-electron chi connectivity index (χ4n) is 4.25. The fraction of sp³-hybridized carbons (Fsp3) is 1.00. The number of rotatable bonds is 5. The largest absolute Gasteiger partial charge is 0.381 e. The highest BCUT2D eigenvalue weighted by atomic mass is 16.5. The Morgan fingerprint density at radius 3 is 2.71 bits per heavy atom. The minimum absolute atomic E-state index is 0.313. The summed E-state index contributed by atoms with van der Waals surface area (Å²) < 4.78 is 5.66. The number of hydrogen-bond donors (Lipinski definition) is 1. The topological polar surface area (TPSA) is 24.5 Å². The summed E-state index contributed by atoms with van der Waals surface area (Å²) in [5.41, 5.74) is 0.313. The summed E-state index contributed by atoms with van der Waals surface area (Å²) >= 11 is 0. The van der Waals surface area contributed by atoms with Gasteiger partial charge >= 0.3 is 0 Å². The second-order valence-electron chi connectivity index (χ2n) is 7.89. The van der Waals surface area contributed by atoms with Gasteiger partial charge in [0.2, 0.25) is 0 Å². The van der Waals surface area contributed by atoms with Crippen molar-refractivity contribution in [2.75, 3.05) is 20.2 Å². The second-order valence-corrected chi connectivity index (χ2v) is 7.89. The molecule has 0 radical (unpaired) electrons. The Kier molecular flexibility index (Phi) is 6.10. The number of methoxy groups -OCH3 is 1. The van der Waals surface area contributed by atoms with Crippen LogP contribution in [-0.2, 0) is 4.74 Å². The zero-order chi connectivity index (χ0) is 15.5. The summed E-state index contributed by atoms with van der Waals surface area (Å²) in [6.07, 6.45) is 8.13. The Hall–Kier alpha value is -0.120. The number of ether oxygens (including phenoxy) is 1. The molecule has 2 aliphatic rings. The van der Waals surface area contributed by atoms with Crippen LogP contribution in [-0.4, -0.2) is 48.8 Å². The van der Waals surface area contributed by atoms with Crippen molar-refractivity contribution < 1.29 is 4.74 Å². The fourth-order valence-corrected chi connectivity index (χ4v) is 4.25. The molecule has 0 aromatic carbocycles. The molecule has 4 unspecified atom stereocenters. The van der Waals surface area contributed by atoms with Gasteiger partial charge in [-0.05, 0) is 51.4 Å². The van der Waals surface area contributed by atoms with Crippen LogP contribution < -0.4 is 5.32 Å². The van der Waals surface area contributed by atoms with E-state index < -0.39 is 0 Å². The summed E-state index contributed by atoms with van der Waals surface area (Å²) in [6, 6.07) is 1.37. The molecule has 1 N–H and O–H groups in total. The number of piperazine rings is 1. The van der Waals surface area contributed by atoms with E-state index in [1.807, 2.05) is 7.11 Å². The quantitative estimate of drug-likeness (QED) is 0.841. The zero-order valence-electron chi connectivity index (χ0n) is 14.8. The third-order valence-electron chi connectivity index (χ3n) is 5.77. The summed E-state index contributed by atoms with van der Waals surface area (Å²) in [7, 11) is 1.88. The molecule has 3 nitrogen and oxygen atoms in total. The molecule has 3 heteroatoms. The van der Waals surface area contributed by atoms with Crippen LogP contribution >= 0.6 is 0 Å². The highest BCUT2D eigenvalue weighted by Gasteiger charge is 2.41. The van der Waals surface area contributed by atoms with E-state index >= 15 is 0 Å². The van der Waals surface area contributed by atoms with Crippen molar-refractivity contribution in [1.29, 1.82) is 0 Å². The lowest BCUT2D eigenvalue weighted by Crippen LogP contribution is -2.66. The normalized spacial score (nSPS) is 38.9. The Bertz CT molecular complexity index is 320. The van der Waals surface area contributed by atoms with Gasteiger partial charge < -0.3 is 10.1 Å². The summed E-state index contributed by atoms with van der Waals surface area (Å²) in [5.74, 6) is 0.772. The molecule has 0 spiro atoms. The summed E-state index contributed by atoms with van der Waals surface area (Å²) in [6.45, 7) is 11.8.